The molecular formula is C18H18ClNO3. The third-order valence-electron chi connectivity index (χ3n) is 3.68. The highest BCUT2D eigenvalue weighted by Gasteiger charge is 2.21. The van der Waals surface area contributed by atoms with Gasteiger partial charge in [0.1, 0.15) is 0 Å². The Morgan fingerprint density at radius 1 is 1.04 bits per heavy atom. The average molecular weight is 332 g/mol. The first-order chi connectivity index (χ1) is 10.8. The maximum absolute atomic E-state index is 12.4. The number of carbonyl (C=O) groups is 2. The van der Waals surface area contributed by atoms with Crippen molar-refractivity contribution >= 4 is 29.0 Å². The zero-order valence-corrected chi connectivity index (χ0v) is 14.0. The second-order valence-corrected chi connectivity index (χ2v) is 5.85. The molecule has 0 radical (unpaired) electrons. The van der Waals surface area contributed by atoms with Crippen LogP contribution in [0, 0.1) is 13.8 Å². The molecule has 0 saturated heterocycles. The lowest BCUT2D eigenvalue weighted by Gasteiger charge is -2.13. The van der Waals surface area contributed by atoms with Crippen LogP contribution in [0.3, 0.4) is 0 Å². The van der Waals surface area contributed by atoms with Crippen molar-refractivity contribution in [2.24, 2.45) is 0 Å². The highest BCUT2D eigenvalue weighted by Crippen LogP contribution is 2.20. The van der Waals surface area contributed by atoms with Gasteiger partial charge >= 0.3 is 5.97 Å². The van der Waals surface area contributed by atoms with Crippen LogP contribution in [0.15, 0.2) is 36.4 Å². The van der Waals surface area contributed by atoms with Crippen LogP contribution in [-0.2, 0) is 4.74 Å². The number of hydrogen-bond donors (Lipinski definition) is 1. The van der Waals surface area contributed by atoms with E-state index in [1.54, 1.807) is 19.1 Å². The van der Waals surface area contributed by atoms with Crippen molar-refractivity contribution in [2.75, 3.05) is 5.73 Å². The Balaban J connectivity index is 2.12. The Kier molecular flexibility index (Phi) is 5.06. The van der Waals surface area contributed by atoms with Gasteiger partial charge in [0.15, 0.2) is 6.10 Å². The number of halogens is 1. The van der Waals surface area contributed by atoms with Gasteiger partial charge in [-0.2, -0.15) is 0 Å². The van der Waals surface area contributed by atoms with Crippen molar-refractivity contribution in [2.45, 2.75) is 26.9 Å². The maximum Gasteiger partial charge on any atom is 0.338 e. The van der Waals surface area contributed by atoms with E-state index in [1.807, 2.05) is 19.9 Å². The average Bonchev–Trinajstić information content (AvgIpc) is 2.51. The van der Waals surface area contributed by atoms with Crippen LogP contribution in [0.25, 0.3) is 0 Å². The third kappa shape index (κ3) is 3.90. The lowest BCUT2D eigenvalue weighted by atomic mass is 10.0. The van der Waals surface area contributed by atoms with E-state index in [2.05, 4.69) is 0 Å². The first-order valence-corrected chi connectivity index (χ1v) is 7.55. The van der Waals surface area contributed by atoms with E-state index in [9.17, 15) is 9.59 Å². The summed E-state index contributed by atoms with van der Waals surface area (Å²) in [5.74, 6) is -0.860. The number of nitrogen functional groups attached to an aromatic ring is 1. The monoisotopic (exact) mass is 331 g/mol. The number of Topliss-reactive ketones (excluding diaryl/α,β-unsaturated/α-hetero) is 1. The van der Waals surface area contributed by atoms with Gasteiger partial charge in [0.25, 0.3) is 0 Å². The Hall–Kier alpha value is -2.33. The minimum absolute atomic E-state index is 0.247. The highest BCUT2D eigenvalue weighted by atomic mass is 35.5. The van der Waals surface area contributed by atoms with Gasteiger partial charge in [-0.15, -0.1) is 0 Å². The van der Waals surface area contributed by atoms with Crippen LogP contribution in [0.2, 0.25) is 5.02 Å². The zero-order valence-electron chi connectivity index (χ0n) is 13.2. The van der Waals surface area contributed by atoms with Gasteiger partial charge in [-0.3, -0.25) is 4.79 Å². The lowest BCUT2D eigenvalue weighted by molar-refractivity contribution is 0.0319. The normalized spacial score (nSPS) is 11.8. The minimum Gasteiger partial charge on any atom is -0.451 e. The molecule has 2 rings (SSSR count). The molecule has 0 saturated carbocycles. The molecule has 0 aliphatic carbocycles. The molecule has 2 aromatic rings. The topological polar surface area (TPSA) is 69.4 Å². The van der Waals surface area contributed by atoms with E-state index < -0.39 is 12.1 Å². The molecule has 120 valence electrons. The van der Waals surface area contributed by atoms with E-state index >= 15 is 0 Å². The molecule has 0 aliphatic rings. The van der Waals surface area contributed by atoms with Crippen molar-refractivity contribution in [3.8, 4) is 0 Å². The standard InChI is InChI=1S/C18H18ClNO3/c1-10-4-5-13(8-11(10)2)17(21)12(3)23-18(22)14-6-7-15(19)16(20)9-14/h4-9,12H,20H2,1-3H3/t12-/m0/s1. The SMILES string of the molecule is Cc1ccc(C(=O)[C@H](C)OC(=O)c2ccc(Cl)c(N)c2)cc1C. The summed E-state index contributed by atoms with van der Waals surface area (Å²) in [6.45, 7) is 5.45. The molecule has 0 aromatic heterocycles. The molecular weight excluding hydrogens is 314 g/mol. The molecule has 23 heavy (non-hydrogen) atoms. The van der Waals surface area contributed by atoms with Crippen molar-refractivity contribution in [1.82, 2.24) is 0 Å². The smallest absolute Gasteiger partial charge is 0.338 e. The Morgan fingerprint density at radius 3 is 2.30 bits per heavy atom. The van der Waals surface area contributed by atoms with Gasteiger partial charge in [0.2, 0.25) is 5.78 Å². The van der Waals surface area contributed by atoms with E-state index in [0.717, 1.165) is 11.1 Å². The number of rotatable bonds is 4. The fraction of sp³-hybridized carbons (Fsp3) is 0.222. The molecule has 2 N–H and O–H groups in total. The molecule has 0 bridgehead atoms. The van der Waals surface area contributed by atoms with E-state index in [-0.39, 0.29) is 17.0 Å². The van der Waals surface area contributed by atoms with Crippen LogP contribution >= 0.6 is 11.6 Å². The number of esters is 1. The number of nitrogens with two attached hydrogens (primary N) is 1. The lowest BCUT2D eigenvalue weighted by Crippen LogP contribution is -2.24. The molecule has 0 heterocycles. The molecule has 5 heteroatoms. The molecule has 1 atom stereocenters. The van der Waals surface area contributed by atoms with Gasteiger partial charge < -0.3 is 10.5 Å². The largest absolute Gasteiger partial charge is 0.451 e. The van der Waals surface area contributed by atoms with Crippen molar-refractivity contribution in [1.29, 1.82) is 0 Å². The Labute approximate surface area is 140 Å². The number of hydrogen-bond acceptors (Lipinski definition) is 4. The summed E-state index contributed by atoms with van der Waals surface area (Å²) in [5, 5.41) is 0.362. The van der Waals surface area contributed by atoms with Crippen LogP contribution in [0.4, 0.5) is 5.69 Å². The summed E-state index contributed by atoms with van der Waals surface area (Å²) in [7, 11) is 0. The van der Waals surface area contributed by atoms with Crippen LogP contribution < -0.4 is 5.73 Å². The van der Waals surface area contributed by atoms with Gasteiger partial charge in [-0.1, -0.05) is 23.7 Å². The predicted molar refractivity (Wildman–Crippen MR) is 91.0 cm³/mol. The maximum atomic E-state index is 12.4. The van der Waals surface area contributed by atoms with Crippen molar-refractivity contribution < 1.29 is 14.3 Å². The van der Waals surface area contributed by atoms with Gasteiger partial charge in [-0.05, 0) is 56.2 Å². The summed E-state index contributed by atoms with van der Waals surface area (Å²) in [6, 6.07) is 9.85. The molecule has 2 aromatic carbocycles. The van der Waals surface area contributed by atoms with Crippen LogP contribution in [0.5, 0.6) is 0 Å². The molecule has 4 nitrogen and oxygen atoms in total. The Bertz CT molecular complexity index is 771. The first-order valence-electron chi connectivity index (χ1n) is 7.17. The number of aryl methyl sites for hydroxylation is 2. The summed E-state index contributed by atoms with van der Waals surface area (Å²) in [4.78, 5) is 24.5. The summed E-state index contributed by atoms with van der Waals surface area (Å²) >= 11 is 5.82. The quantitative estimate of drug-likeness (QED) is 0.523. The molecule has 0 spiro atoms. The number of carbonyl (C=O) groups excluding carboxylic acids is 2. The van der Waals surface area contributed by atoms with Gasteiger partial charge in [-0.25, -0.2) is 4.79 Å². The van der Waals surface area contributed by atoms with E-state index in [0.29, 0.717) is 10.6 Å². The molecule has 0 aliphatic heterocycles. The third-order valence-corrected chi connectivity index (χ3v) is 4.02. The zero-order chi connectivity index (χ0) is 17.1. The second-order valence-electron chi connectivity index (χ2n) is 5.45. The fourth-order valence-corrected chi connectivity index (χ4v) is 2.20. The van der Waals surface area contributed by atoms with Crippen LogP contribution in [-0.4, -0.2) is 17.9 Å². The fourth-order valence-electron chi connectivity index (χ4n) is 2.08. The van der Waals surface area contributed by atoms with Gasteiger partial charge in [0.05, 0.1) is 16.3 Å². The summed E-state index contributed by atoms with van der Waals surface area (Å²) < 4.78 is 5.23. The molecule has 0 amide bonds. The number of benzene rings is 2. The van der Waals surface area contributed by atoms with E-state index in [1.165, 1.54) is 18.2 Å². The summed E-state index contributed by atoms with van der Waals surface area (Å²) in [5.41, 5.74) is 8.84. The molecule has 0 fully saturated rings. The number of ether oxygens (including phenoxy) is 1. The molecule has 0 unspecified atom stereocenters. The van der Waals surface area contributed by atoms with Gasteiger partial charge in [0, 0.05) is 5.56 Å². The van der Waals surface area contributed by atoms with Crippen LogP contribution in [0.1, 0.15) is 38.8 Å². The van der Waals surface area contributed by atoms with Crippen molar-refractivity contribution in [3.05, 3.63) is 63.7 Å². The van der Waals surface area contributed by atoms with E-state index in [4.69, 9.17) is 22.1 Å². The highest BCUT2D eigenvalue weighted by molar-refractivity contribution is 6.33. The predicted octanol–water partition coefficient (Wildman–Crippen LogP) is 3.97. The summed E-state index contributed by atoms with van der Waals surface area (Å²) in [6.07, 6.45) is -0.887. The second kappa shape index (κ2) is 6.84. The van der Waals surface area contributed by atoms with Crippen molar-refractivity contribution in [3.63, 3.8) is 0 Å². The minimum atomic E-state index is -0.887. The first kappa shape index (κ1) is 17.0. The number of ketones is 1. The Morgan fingerprint density at radius 2 is 1.70 bits per heavy atom. The number of anilines is 1.